The molecule has 3 aromatic rings. The van der Waals surface area contributed by atoms with Crippen LogP contribution in [0.1, 0.15) is 32.6 Å². The molecule has 1 aliphatic heterocycles. The average Bonchev–Trinajstić information content (AvgIpc) is 2.86. The SMILES string of the molecule is CCOc1cccc(N[C@H]2CC[C@@H](Oc3cc(N4CCOCC4)cc4nccnc34)CC2)n1. The molecule has 174 valence electrons. The highest BCUT2D eigenvalue weighted by molar-refractivity contribution is 5.85. The molecule has 0 atom stereocenters. The van der Waals surface area contributed by atoms with E-state index in [0.717, 1.165) is 80.3 Å². The van der Waals surface area contributed by atoms with E-state index in [1.54, 1.807) is 12.4 Å². The Morgan fingerprint density at radius 3 is 2.70 bits per heavy atom. The molecule has 8 heteroatoms. The molecule has 1 aliphatic carbocycles. The molecule has 2 aliphatic rings. The van der Waals surface area contributed by atoms with E-state index in [1.807, 2.05) is 25.1 Å². The van der Waals surface area contributed by atoms with Crippen molar-refractivity contribution in [2.75, 3.05) is 43.1 Å². The number of benzene rings is 1. The van der Waals surface area contributed by atoms with Crippen LogP contribution < -0.4 is 19.7 Å². The highest BCUT2D eigenvalue weighted by Crippen LogP contribution is 2.33. The summed E-state index contributed by atoms with van der Waals surface area (Å²) >= 11 is 0. The van der Waals surface area contributed by atoms with Crippen molar-refractivity contribution < 1.29 is 14.2 Å². The van der Waals surface area contributed by atoms with Gasteiger partial charge in [-0.15, -0.1) is 0 Å². The van der Waals surface area contributed by atoms with Crippen molar-refractivity contribution in [3.8, 4) is 11.6 Å². The van der Waals surface area contributed by atoms with Crippen molar-refractivity contribution in [2.45, 2.75) is 44.8 Å². The summed E-state index contributed by atoms with van der Waals surface area (Å²) in [6.07, 6.45) is 7.64. The first-order valence-corrected chi connectivity index (χ1v) is 11.9. The lowest BCUT2D eigenvalue weighted by atomic mass is 9.93. The quantitative estimate of drug-likeness (QED) is 0.578. The standard InChI is InChI=1S/C25H31N5O3/c1-2-32-24-5-3-4-23(29-24)28-18-6-8-20(9-7-18)33-22-17-19(30-12-14-31-15-13-30)16-21-25(22)27-11-10-26-21/h3-5,10-11,16-18,20H,2,6-9,12-15H2,1H3,(H,28,29)/t18-,20+. The van der Waals surface area contributed by atoms with Crippen LogP contribution in [0.5, 0.6) is 11.6 Å². The van der Waals surface area contributed by atoms with Crippen LogP contribution in [0.25, 0.3) is 11.0 Å². The normalized spacial score (nSPS) is 21.1. The van der Waals surface area contributed by atoms with E-state index in [1.165, 1.54) is 0 Å². The third-order valence-corrected chi connectivity index (χ3v) is 6.24. The summed E-state index contributed by atoms with van der Waals surface area (Å²) in [6, 6.07) is 10.5. The van der Waals surface area contributed by atoms with Crippen molar-refractivity contribution in [1.82, 2.24) is 15.0 Å². The molecule has 8 nitrogen and oxygen atoms in total. The zero-order valence-electron chi connectivity index (χ0n) is 19.1. The predicted molar refractivity (Wildman–Crippen MR) is 128 cm³/mol. The van der Waals surface area contributed by atoms with Crippen LogP contribution in [0.15, 0.2) is 42.7 Å². The molecule has 1 aromatic carbocycles. The number of fused-ring (bicyclic) bond motifs is 1. The first-order valence-electron chi connectivity index (χ1n) is 11.9. The lowest BCUT2D eigenvalue weighted by Crippen LogP contribution is -2.36. The molecular formula is C25H31N5O3. The van der Waals surface area contributed by atoms with Gasteiger partial charge in [0.1, 0.15) is 17.1 Å². The second-order valence-electron chi connectivity index (χ2n) is 8.50. The number of nitrogens with one attached hydrogen (secondary N) is 1. The Labute approximate surface area is 194 Å². The second kappa shape index (κ2) is 10.2. The molecule has 1 N–H and O–H groups in total. The highest BCUT2D eigenvalue weighted by Gasteiger charge is 2.24. The van der Waals surface area contributed by atoms with Gasteiger partial charge >= 0.3 is 0 Å². The Kier molecular flexibility index (Phi) is 6.71. The van der Waals surface area contributed by atoms with Crippen molar-refractivity contribution in [1.29, 1.82) is 0 Å². The van der Waals surface area contributed by atoms with Gasteiger partial charge in [-0.05, 0) is 44.7 Å². The summed E-state index contributed by atoms with van der Waals surface area (Å²) in [4.78, 5) is 16.0. The third-order valence-electron chi connectivity index (χ3n) is 6.24. The fraction of sp³-hybridized carbons (Fsp3) is 0.480. The second-order valence-corrected chi connectivity index (χ2v) is 8.50. The highest BCUT2D eigenvalue weighted by atomic mass is 16.5. The summed E-state index contributed by atoms with van der Waals surface area (Å²) in [7, 11) is 0. The maximum atomic E-state index is 6.53. The van der Waals surface area contributed by atoms with Crippen LogP contribution in [0, 0.1) is 0 Å². The Balaban J connectivity index is 1.25. The number of anilines is 2. The van der Waals surface area contributed by atoms with Gasteiger partial charge in [0.2, 0.25) is 5.88 Å². The molecule has 1 saturated heterocycles. The fourth-order valence-electron chi connectivity index (χ4n) is 4.56. The fourth-order valence-corrected chi connectivity index (χ4v) is 4.56. The number of nitrogens with zero attached hydrogens (tertiary/aromatic N) is 4. The molecule has 2 fully saturated rings. The van der Waals surface area contributed by atoms with E-state index in [9.17, 15) is 0 Å². The van der Waals surface area contributed by atoms with Crippen LogP contribution >= 0.6 is 0 Å². The molecule has 0 amide bonds. The molecule has 0 unspecified atom stereocenters. The number of aromatic nitrogens is 3. The van der Waals surface area contributed by atoms with Crippen LogP contribution in [-0.2, 0) is 4.74 Å². The molecule has 0 radical (unpaired) electrons. The van der Waals surface area contributed by atoms with Gasteiger partial charge in [0.25, 0.3) is 0 Å². The number of morpholine rings is 1. The summed E-state index contributed by atoms with van der Waals surface area (Å²) in [5.41, 5.74) is 2.82. The van der Waals surface area contributed by atoms with Crippen molar-refractivity contribution in [2.24, 2.45) is 0 Å². The summed E-state index contributed by atoms with van der Waals surface area (Å²) in [5, 5.41) is 3.56. The van der Waals surface area contributed by atoms with E-state index in [4.69, 9.17) is 14.2 Å². The van der Waals surface area contributed by atoms with Crippen molar-refractivity contribution >= 4 is 22.5 Å². The smallest absolute Gasteiger partial charge is 0.215 e. The van der Waals surface area contributed by atoms with Gasteiger partial charge in [0.05, 0.1) is 31.4 Å². The molecule has 1 saturated carbocycles. The maximum Gasteiger partial charge on any atom is 0.215 e. The van der Waals surface area contributed by atoms with Crippen LogP contribution in [0.3, 0.4) is 0 Å². The van der Waals surface area contributed by atoms with E-state index >= 15 is 0 Å². The van der Waals surface area contributed by atoms with Gasteiger partial charge in [-0.25, -0.2) is 4.98 Å². The minimum Gasteiger partial charge on any atom is -0.488 e. The van der Waals surface area contributed by atoms with Crippen LogP contribution in [0.4, 0.5) is 11.5 Å². The van der Waals surface area contributed by atoms with Gasteiger partial charge in [-0.1, -0.05) is 6.07 Å². The number of hydrogen-bond acceptors (Lipinski definition) is 8. The Morgan fingerprint density at radius 2 is 1.88 bits per heavy atom. The molecule has 33 heavy (non-hydrogen) atoms. The van der Waals surface area contributed by atoms with Gasteiger partial charge in [-0.3, -0.25) is 4.98 Å². The van der Waals surface area contributed by atoms with Crippen molar-refractivity contribution in [3.63, 3.8) is 0 Å². The Hall–Kier alpha value is -3.13. The lowest BCUT2D eigenvalue weighted by molar-refractivity contribution is 0.122. The van der Waals surface area contributed by atoms with E-state index in [2.05, 4.69) is 37.3 Å². The zero-order valence-corrected chi connectivity index (χ0v) is 19.1. The summed E-state index contributed by atoms with van der Waals surface area (Å²) in [6.45, 7) is 5.82. The minimum atomic E-state index is 0.163. The van der Waals surface area contributed by atoms with Gasteiger partial charge in [0.15, 0.2) is 0 Å². The predicted octanol–water partition coefficient (Wildman–Crippen LogP) is 4.06. The van der Waals surface area contributed by atoms with Gasteiger partial charge < -0.3 is 24.4 Å². The van der Waals surface area contributed by atoms with Crippen molar-refractivity contribution in [3.05, 3.63) is 42.7 Å². The average molecular weight is 450 g/mol. The Morgan fingerprint density at radius 1 is 1.06 bits per heavy atom. The van der Waals surface area contributed by atoms with Crippen LogP contribution in [0.2, 0.25) is 0 Å². The Bertz CT molecular complexity index is 1060. The number of ether oxygens (including phenoxy) is 3. The largest absolute Gasteiger partial charge is 0.488 e. The first kappa shape index (κ1) is 21.7. The molecular weight excluding hydrogens is 418 g/mol. The monoisotopic (exact) mass is 449 g/mol. The summed E-state index contributed by atoms with van der Waals surface area (Å²) in [5.74, 6) is 2.35. The molecule has 3 heterocycles. The topological polar surface area (TPSA) is 81.6 Å². The molecule has 0 spiro atoms. The van der Waals surface area contributed by atoms with Gasteiger partial charge in [0, 0.05) is 49.3 Å². The zero-order chi connectivity index (χ0) is 22.5. The number of pyridine rings is 1. The molecule has 2 aromatic heterocycles. The van der Waals surface area contributed by atoms with Gasteiger partial charge in [-0.2, -0.15) is 4.98 Å². The first-order chi connectivity index (χ1) is 16.3. The maximum absolute atomic E-state index is 6.53. The summed E-state index contributed by atoms with van der Waals surface area (Å²) < 4.78 is 17.6. The van der Waals surface area contributed by atoms with Crippen LogP contribution in [-0.4, -0.2) is 60.0 Å². The lowest BCUT2D eigenvalue weighted by Gasteiger charge is -2.31. The number of hydrogen-bond donors (Lipinski definition) is 1. The molecule has 0 bridgehead atoms. The third kappa shape index (κ3) is 5.27. The van der Waals surface area contributed by atoms with E-state index in [-0.39, 0.29) is 6.10 Å². The molecule has 5 rings (SSSR count). The van der Waals surface area contributed by atoms with E-state index in [0.29, 0.717) is 18.5 Å². The number of rotatable bonds is 7. The minimum absolute atomic E-state index is 0.163. The van der Waals surface area contributed by atoms with E-state index < -0.39 is 0 Å².